The summed E-state index contributed by atoms with van der Waals surface area (Å²) < 4.78 is 0. The van der Waals surface area contributed by atoms with Gasteiger partial charge in [-0.15, -0.1) is 0 Å². The molecule has 3 N–H and O–H groups in total. The molecular weight excluding hydrogens is 266 g/mol. The third-order valence-corrected chi connectivity index (χ3v) is 4.27. The van der Waals surface area contributed by atoms with Gasteiger partial charge in [0.2, 0.25) is 5.91 Å². The lowest BCUT2D eigenvalue weighted by Gasteiger charge is -2.17. The molecule has 1 aliphatic rings. The number of hydrogen-bond acceptors (Lipinski definition) is 4. The van der Waals surface area contributed by atoms with Crippen molar-refractivity contribution in [2.75, 3.05) is 6.54 Å². The van der Waals surface area contributed by atoms with Crippen LogP contribution in [-0.4, -0.2) is 28.6 Å². The quantitative estimate of drug-likeness (QED) is 0.762. The maximum atomic E-state index is 12.0. The molecule has 1 aliphatic carbocycles. The number of aliphatic carboxylic acids is 1. The Kier molecular flexibility index (Phi) is 4.55. The lowest BCUT2D eigenvalue weighted by atomic mass is 9.95. The van der Waals surface area contributed by atoms with E-state index in [2.05, 4.69) is 5.32 Å². The fourth-order valence-corrected chi connectivity index (χ4v) is 3.19. The van der Waals surface area contributed by atoms with Crippen LogP contribution in [0.25, 0.3) is 0 Å². The first-order valence-electron chi connectivity index (χ1n) is 6.30. The van der Waals surface area contributed by atoms with Gasteiger partial charge in [0.1, 0.15) is 0 Å². The van der Waals surface area contributed by atoms with Crippen LogP contribution in [0, 0.1) is 11.8 Å². The maximum absolute atomic E-state index is 12.0. The van der Waals surface area contributed by atoms with E-state index in [1.807, 2.05) is 10.8 Å². The molecule has 5 nitrogen and oxygen atoms in total. The zero-order valence-corrected chi connectivity index (χ0v) is 11.2. The van der Waals surface area contributed by atoms with E-state index < -0.39 is 23.9 Å². The molecule has 1 amide bonds. The van der Waals surface area contributed by atoms with Crippen molar-refractivity contribution in [3.05, 3.63) is 22.4 Å². The standard InChI is InChI=1S/C13H17NO4S/c15-11(8-4-5-19-7-8)6-14-12(16)9-2-1-3-10(9)13(17)18/h4-5,7,9-11,15H,1-3,6H2,(H,14,16)(H,17,18)/t9-,10+,11?/m1/s1. The second-order valence-electron chi connectivity index (χ2n) is 4.80. The van der Waals surface area contributed by atoms with Crippen molar-refractivity contribution in [3.63, 3.8) is 0 Å². The summed E-state index contributed by atoms with van der Waals surface area (Å²) in [6, 6.07) is 1.80. The number of nitrogens with one attached hydrogen (secondary N) is 1. The molecule has 0 bridgehead atoms. The zero-order chi connectivity index (χ0) is 13.8. The molecule has 0 aromatic carbocycles. The van der Waals surface area contributed by atoms with Gasteiger partial charge in [-0.3, -0.25) is 9.59 Å². The molecule has 3 atom stereocenters. The van der Waals surface area contributed by atoms with Crippen molar-refractivity contribution in [1.29, 1.82) is 0 Å². The summed E-state index contributed by atoms with van der Waals surface area (Å²) in [5.41, 5.74) is 0.770. The molecule has 1 aromatic heterocycles. The second-order valence-corrected chi connectivity index (χ2v) is 5.58. The molecule has 0 spiro atoms. The molecule has 0 aliphatic heterocycles. The van der Waals surface area contributed by atoms with Crippen LogP contribution >= 0.6 is 11.3 Å². The Bertz CT molecular complexity index is 446. The fraction of sp³-hybridized carbons (Fsp3) is 0.538. The van der Waals surface area contributed by atoms with E-state index in [1.54, 1.807) is 6.07 Å². The number of carbonyl (C=O) groups excluding carboxylic acids is 1. The highest BCUT2D eigenvalue weighted by Gasteiger charge is 2.37. The third-order valence-electron chi connectivity index (χ3n) is 3.57. The molecule has 1 fully saturated rings. The Morgan fingerprint density at radius 1 is 1.42 bits per heavy atom. The Labute approximate surface area is 115 Å². The number of aliphatic hydroxyl groups excluding tert-OH is 1. The van der Waals surface area contributed by atoms with Gasteiger partial charge in [-0.1, -0.05) is 6.42 Å². The molecule has 1 saturated carbocycles. The highest BCUT2D eigenvalue weighted by molar-refractivity contribution is 7.07. The van der Waals surface area contributed by atoms with Gasteiger partial charge in [0.25, 0.3) is 0 Å². The van der Waals surface area contributed by atoms with Crippen LogP contribution in [0.3, 0.4) is 0 Å². The molecule has 0 radical (unpaired) electrons. The normalized spacial score (nSPS) is 24.1. The highest BCUT2D eigenvalue weighted by Crippen LogP contribution is 2.32. The van der Waals surface area contributed by atoms with E-state index in [0.29, 0.717) is 12.8 Å². The molecule has 6 heteroatoms. The Balaban J connectivity index is 1.86. The van der Waals surface area contributed by atoms with E-state index >= 15 is 0 Å². The van der Waals surface area contributed by atoms with Crippen molar-refractivity contribution >= 4 is 23.2 Å². The highest BCUT2D eigenvalue weighted by atomic mass is 32.1. The van der Waals surface area contributed by atoms with Gasteiger partial charge in [0, 0.05) is 6.54 Å². The van der Waals surface area contributed by atoms with Crippen molar-refractivity contribution in [2.24, 2.45) is 11.8 Å². The van der Waals surface area contributed by atoms with E-state index in [4.69, 9.17) is 5.11 Å². The van der Waals surface area contributed by atoms with Gasteiger partial charge in [-0.25, -0.2) is 0 Å². The van der Waals surface area contributed by atoms with Crippen LogP contribution in [0.2, 0.25) is 0 Å². The molecule has 19 heavy (non-hydrogen) atoms. The monoisotopic (exact) mass is 283 g/mol. The molecule has 1 aromatic rings. The number of carboxylic acid groups (broad SMARTS) is 1. The first-order valence-corrected chi connectivity index (χ1v) is 7.24. The number of amides is 1. The molecule has 0 saturated heterocycles. The summed E-state index contributed by atoms with van der Waals surface area (Å²) in [6.45, 7) is 0.123. The largest absolute Gasteiger partial charge is 0.481 e. The molecule has 1 heterocycles. The topological polar surface area (TPSA) is 86.6 Å². The fourth-order valence-electron chi connectivity index (χ4n) is 2.48. The van der Waals surface area contributed by atoms with Crippen LogP contribution in [0.4, 0.5) is 0 Å². The summed E-state index contributed by atoms with van der Waals surface area (Å²) >= 11 is 1.48. The van der Waals surface area contributed by atoms with Crippen LogP contribution in [-0.2, 0) is 9.59 Å². The first-order chi connectivity index (χ1) is 9.09. The van der Waals surface area contributed by atoms with Gasteiger partial charge in [0.15, 0.2) is 0 Å². The lowest BCUT2D eigenvalue weighted by Crippen LogP contribution is -2.37. The van der Waals surface area contributed by atoms with Gasteiger partial charge in [-0.2, -0.15) is 11.3 Å². The van der Waals surface area contributed by atoms with Crippen molar-refractivity contribution in [1.82, 2.24) is 5.32 Å². The van der Waals surface area contributed by atoms with E-state index in [-0.39, 0.29) is 12.5 Å². The van der Waals surface area contributed by atoms with Gasteiger partial charge >= 0.3 is 5.97 Å². The van der Waals surface area contributed by atoms with Crippen molar-refractivity contribution in [3.8, 4) is 0 Å². The zero-order valence-electron chi connectivity index (χ0n) is 10.4. The number of aliphatic hydroxyl groups is 1. The van der Waals surface area contributed by atoms with Crippen molar-refractivity contribution in [2.45, 2.75) is 25.4 Å². The van der Waals surface area contributed by atoms with Crippen LogP contribution in [0.5, 0.6) is 0 Å². The predicted octanol–water partition coefficient (Wildman–Crippen LogP) is 1.40. The SMILES string of the molecule is O=C(O)[C@H]1CCC[C@H]1C(=O)NCC(O)c1ccsc1. The van der Waals surface area contributed by atoms with Gasteiger partial charge in [-0.05, 0) is 35.2 Å². The summed E-state index contributed by atoms with van der Waals surface area (Å²) in [5, 5.41) is 25.2. The average Bonchev–Trinajstić information content (AvgIpc) is 3.04. The van der Waals surface area contributed by atoms with Crippen LogP contribution in [0.1, 0.15) is 30.9 Å². The number of hydrogen-bond donors (Lipinski definition) is 3. The lowest BCUT2D eigenvalue weighted by molar-refractivity contribution is -0.146. The third kappa shape index (κ3) is 3.33. The Morgan fingerprint density at radius 3 is 2.79 bits per heavy atom. The predicted molar refractivity (Wildman–Crippen MR) is 70.8 cm³/mol. The number of rotatable bonds is 5. The molecule has 1 unspecified atom stereocenters. The Morgan fingerprint density at radius 2 is 2.16 bits per heavy atom. The van der Waals surface area contributed by atoms with Crippen molar-refractivity contribution < 1.29 is 19.8 Å². The van der Waals surface area contributed by atoms with Crippen LogP contribution < -0.4 is 5.32 Å². The maximum Gasteiger partial charge on any atom is 0.307 e. The second kappa shape index (κ2) is 6.16. The molecular formula is C13H17NO4S. The van der Waals surface area contributed by atoms with E-state index in [9.17, 15) is 14.7 Å². The summed E-state index contributed by atoms with van der Waals surface area (Å²) in [4.78, 5) is 23.0. The minimum Gasteiger partial charge on any atom is -0.481 e. The smallest absolute Gasteiger partial charge is 0.307 e. The number of thiophene rings is 1. The summed E-state index contributed by atoms with van der Waals surface area (Å²) in [6.07, 6.45) is 1.19. The summed E-state index contributed by atoms with van der Waals surface area (Å²) in [7, 11) is 0. The molecule has 104 valence electrons. The number of carbonyl (C=O) groups is 2. The summed E-state index contributed by atoms with van der Waals surface area (Å²) in [5.74, 6) is -2.22. The molecule has 2 rings (SSSR count). The first kappa shape index (κ1) is 14.0. The van der Waals surface area contributed by atoms with Gasteiger partial charge in [0.05, 0.1) is 17.9 Å². The minimum absolute atomic E-state index is 0.123. The number of carboxylic acids is 1. The average molecular weight is 283 g/mol. The Hall–Kier alpha value is -1.40. The van der Waals surface area contributed by atoms with Crippen LogP contribution in [0.15, 0.2) is 16.8 Å². The van der Waals surface area contributed by atoms with E-state index in [0.717, 1.165) is 12.0 Å². The minimum atomic E-state index is -0.906. The van der Waals surface area contributed by atoms with E-state index in [1.165, 1.54) is 11.3 Å². The van der Waals surface area contributed by atoms with Gasteiger partial charge < -0.3 is 15.5 Å².